The molecule has 4 aromatic heterocycles. The number of H-pyrrole nitrogens is 1. The fraction of sp³-hybridized carbons (Fsp3) is 0.250. The molecule has 0 aliphatic heterocycles. The first-order chi connectivity index (χ1) is 13.5. The van der Waals surface area contributed by atoms with Crippen LogP contribution in [0.3, 0.4) is 0 Å². The molecule has 0 aromatic carbocycles. The zero-order valence-electron chi connectivity index (χ0n) is 15.8. The third-order valence-electron chi connectivity index (χ3n) is 4.60. The minimum atomic E-state index is -0.287. The molecule has 1 atom stereocenters. The summed E-state index contributed by atoms with van der Waals surface area (Å²) in [6.07, 6.45) is 1.66. The van der Waals surface area contributed by atoms with Crippen molar-refractivity contribution < 1.29 is 9.21 Å². The van der Waals surface area contributed by atoms with Crippen LogP contribution >= 0.6 is 23.1 Å². The zero-order valence-corrected chi connectivity index (χ0v) is 17.4. The summed E-state index contributed by atoms with van der Waals surface area (Å²) < 4.78 is 7.55. The van der Waals surface area contributed by atoms with Crippen molar-refractivity contribution >= 4 is 28.9 Å². The van der Waals surface area contributed by atoms with Gasteiger partial charge in [-0.2, -0.15) is 0 Å². The number of carbonyl (C=O) groups excluding carboxylic acids is 1. The van der Waals surface area contributed by atoms with Gasteiger partial charge in [-0.1, -0.05) is 17.8 Å². The Balaban J connectivity index is 1.49. The van der Waals surface area contributed by atoms with Gasteiger partial charge < -0.3 is 8.98 Å². The van der Waals surface area contributed by atoms with Crippen LogP contribution in [0.5, 0.6) is 0 Å². The average Bonchev–Trinajstić information content (AvgIpc) is 3.46. The fourth-order valence-corrected chi connectivity index (χ4v) is 4.56. The van der Waals surface area contributed by atoms with Crippen LogP contribution in [0.4, 0.5) is 0 Å². The zero-order chi connectivity index (χ0) is 19.7. The Morgan fingerprint density at radius 1 is 1.36 bits per heavy atom. The van der Waals surface area contributed by atoms with Crippen molar-refractivity contribution in [3.8, 4) is 10.7 Å². The van der Waals surface area contributed by atoms with E-state index in [1.165, 1.54) is 11.8 Å². The number of aromatic amines is 1. The van der Waals surface area contributed by atoms with Crippen LogP contribution < -0.4 is 0 Å². The summed E-state index contributed by atoms with van der Waals surface area (Å²) in [4.78, 5) is 18.6. The van der Waals surface area contributed by atoms with Crippen LogP contribution in [0.15, 0.2) is 51.5 Å². The number of hydrogen-bond acceptors (Lipinski definition) is 6. The van der Waals surface area contributed by atoms with Gasteiger partial charge in [-0.3, -0.25) is 9.89 Å². The molecule has 8 heteroatoms. The van der Waals surface area contributed by atoms with E-state index >= 15 is 0 Å². The Morgan fingerprint density at radius 3 is 2.93 bits per heavy atom. The smallest absolute Gasteiger partial charge is 0.209 e. The van der Waals surface area contributed by atoms with Gasteiger partial charge >= 0.3 is 0 Å². The molecule has 0 saturated heterocycles. The number of thioether (sulfide) groups is 1. The van der Waals surface area contributed by atoms with E-state index in [1.54, 1.807) is 17.6 Å². The largest absolute Gasteiger partial charge is 0.467 e. The third kappa shape index (κ3) is 3.70. The highest BCUT2D eigenvalue weighted by atomic mass is 32.2. The monoisotopic (exact) mass is 412 g/mol. The summed E-state index contributed by atoms with van der Waals surface area (Å²) in [5.74, 6) is 1.67. The minimum absolute atomic E-state index is 0.0752. The molecule has 0 saturated carbocycles. The molecule has 0 spiro atoms. The SMILES string of the molecule is Cc1cc(C(=O)[C@H](C)Sc2n[nH]c(-c3cccs3)n2)c(C)n1Cc1ccco1. The van der Waals surface area contributed by atoms with Gasteiger partial charge in [0.1, 0.15) is 5.76 Å². The number of nitrogens with one attached hydrogen (secondary N) is 1. The lowest BCUT2D eigenvalue weighted by molar-refractivity contribution is 0.0993. The second-order valence-corrected chi connectivity index (χ2v) is 8.77. The highest BCUT2D eigenvalue weighted by molar-refractivity contribution is 8.00. The number of ketones is 1. The second kappa shape index (κ2) is 7.81. The highest BCUT2D eigenvalue weighted by Crippen LogP contribution is 2.28. The van der Waals surface area contributed by atoms with E-state index in [-0.39, 0.29) is 11.0 Å². The van der Waals surface area contributed by atoms with Crippen LogP contribution in [0, 0.1) is 13.8 Å². The Hall–Kier alpha value is -2.58. The van der Waals surface area contributed by atoms with Crippen LogP contribution in [-0.4, -0.2) is 30.8 Å². The number of nitrogens with zero attached hydrogens (tertiary/aromatic N) is 3. The molecule has 0 fully saturated rings. The van der Waals surface area contributed by atoms with Crippen molar-refractivity contribution in [2.75, 3.05) is 0 Å². The molecular weight excluding hydrogens is 392 g/mol. The first kappa shape index (κ1) is 18.8. The lowest BCUT2D eigenvalue weighted by Gasteiger charge is -2.10. The van der Waals surface area contributed by atoms with Gasteiger partial charge in [0.2, 0.25) is 5.16 Å². The Kier molecular flexibility index (Phi) is 5.23. The van der Waals surface area contributed by atoms with Crippen molar-refractivity contribution in [2.45, 2.75) is 37.7 Å². The number of aryl methyl sites for hydroxylation is 1. The number of hydrogen-bond donors (Lipinski definition) is 1. The van der Waals surface area contributed by atoms with E-state index in [2.05, 4.69) is 19.7 Å². The molecule has 0 amide bonds. The van der Waals surface area contributed by atoms with Crippen molar-refractivity contribution in [3.63, 3.8) is 0 Å². The topological polar surface area (TPSA) is 76.7 Å². The lowest BCUT2D eigenvalue weighted by atomic mass is 10.1. The molecule has 4 rings (SSSR count). The van der Waals surface area contributed by atoms with E-state index in [0.717, 1.165) is 33.4 Å². The summed E-state index contributed by atoms with van der Waals surface area (Å²) in [6.45, 7) is 6.49. The molecule has 144 valence electrons. The normalized spacial score (nSPS) is 12.4. The molecule has 0 bridgehead atoms. The number of Topliss-reactive ketones (excluding diaryl/α,β-unsaturated/α-hetero) is 1. The standard InChI is InChI=1S/C20H20N4O2S2/c1-12-10-16(13(2)24(12)11-15-6-4-8-26-15)18(25)14(3)28-20-21-19(22-23-20)17-7-5-9-27-17/h4-10,14H,11H2,1-3H3,(H,21,22,23)/t14-/m0/s1. The predicted molar refractivity (Wildman–Crippen MR) is 111 cm³/mol. The summed E-state index contributed by atoms with van der Waals surface area (Å²) in [5, 5.41) is 9.48. The Morgan fingerprint density at radius 2 is 2.21 bits per heavy atom. The van der Waals surface area contributed by atoms with Crippen LogP contribution in [-0.2, 0) is 6.54 Å². The molecule has 6 nitrogen and oxygen atoms in total. The average molecular weight is 413 g/mol. The number of aromatic nitrogens is 4. The molecule has 0 unspecified atom stereocenters. The van der Waals surface area contributed by atoms with E-state index in [1.807, 2.05) is 56.5 Å². The Labute approximate surface area is 171 Å². The van der Waals surface area contributed by atoms with Crippen molar-refractivity contribution in [1.29, 1.82) is 0 Å². The lowest BCUT2D eigenvalue weighted by Crippen LogP contribution is -2.15. The molecule has 0 aliphatic rings. The molecule has 0 aliphatic carbocycles. The summed E-state index contributed by atoms with van der Waals surface area (Å²) in [5.41, 5.74) is 2.71. The maximum absolute atomic E-state index is 13.1. The van der Waals surface area contributed by atoms with Gasteiger partial charge in [-0.15, -0.1) is 16.4 Å². The van der Waals surface area contributed by atoms with Gasteiger partial charge in [0.15, 0.2) is 11.6 Å². The van der Waals surface area contributed by atoms with Gasteiger partial charge in [0, 0.05) is 17.0 Å². The summed E-state index contributed by atoms with van der Waals surface area (Å²) >= 11 is 2.97. The van der Waals surface area contributed by atoms with Gasteiger partial charge in [0.05, 0.1) is 22.9 Å². The first-order valence-corrected chi connectivity index (χ1v) is 10.6. The number of furan rings is 1. The second-order valence-electron chi connectivity index (χ2n) is 6.52. The number of carbonyl (C=O) groups is 1. The van der Waals surface area contributed by atoms with Crippen LogP contribution in [0.1, 0.15) is 34.4 Å². The van der Waals surface area contributed by atoms with Crippen molar-refractivity contribution in [2.24, 2.45) is 0 Å². The molecular formula is C20H20N4O2S2. The van der Waals surface area contributed by atoms with Gasteiger partial charge in [0.25, 0.3) is 0 Å². The van der Waals surface area contributed by atoms with Crippen LogP contribution in [0.25, 0.3) is 10.7 Å². The molecule has 4 heterocycles. The number of rotatable bonds is 7. The van der Waals surface area contributed by atoms with E-state index in [4.69, 9.17) is 4.42 Å². The van der Waals surface area contributed by atoms with Gasteiger partial charge in [-0.25, -0.2) is 4.98 Å². The van der Waals surface area contributed by atoms with E-state index in [0.29, 0.717) is 11.7 Å². The molecule has 28 heavy (non-hydrogen) atoms. The molecule has 0 radical (unpaired) electrons. The minimum Gasteiger partial charge on any atom is -0.467 e. The predicted octanol–water partition coefficient (Wildman–Crippen LogP) is 4.96. The van der Waals surface area contributed by atoms with Crippen LogP contribution in [0.2, 0.25) is 0 Å². The third-order valence-corrected chi connectivity index (χ3v) is 6.44. The van der Waals surface area contributed by atoms with Crippen molar-refractivity contribution in [1.82, 2.24) is 19.7 Å². The number of thiophene rings is 1. The fourth-order valence-electron chi connectivity index (χ4n) is 3.11. The molecule has 1 N–H and O–H groups in total. The summed E-state index contributed by atoms with van der Waals surface area (Å²) in [6, 6.07) is 9.72. The maximum Gasteiger partial charge on any atom is 0.209 e. The van der Waals surface area contributed by atoms with E-state index < -0.39 is 0 Å². The molecule has 4 aromatic rings. The Bertz CT molecular complexity index is 1080. The van der Waals surface area contributed by atoms with Crippen molar-refractivity contribution in [3.05, 3.63) is 64.7 Å². The maximum atomic E-state index is 13.1. The highest BCUT2D eigenvalue weighted by Gasteiger charge is 2.23. The first-order valence-electron chi connectivity index (χ1n) is 8.89. The van der Waals surface area contributed by atoms with Gasteiger partial charge in [-0.05, 0) is 50.4 Å². The van der Waals surface area contributed by atoms with E-state index in [9.17, 15) is 4.79 Å². The summed E-state index contributed by atoms with van der Waals surface area (Å²) in [7, 11) is 0. The quantitative estimate of drug-likeness (QED) is 0.343.